The first kappa shape index (κ1) is 15.4. The van der Waals surface area contributed by atoms with Crippen LogP contribution in [-0.4, -0.2) is 13.6 Å². The summed E-state index contributed by atoms with van der Waals surface area (Å²) in [6.45, 7) is 1.78. The second kappa shape index (κ2) is 5.98. The summed E-state index contributed by atoms with van der Waals surface area (Å²) < 4.78 is 49.9. The molecular formula is C15H13FN2O4S. The van der Waals surface area contributed by atoms with Gasteiger partial charge in [0.05, 0.1) is 5.69 Å². The summed E-state index contributed by atoms with van der Waals surface area (Å²) in [5.74, 6) is 0.241. The zero-order chi connectivity index (χ0) is 16.4. The fraction of sp³-hybridized carbons (Fsp3) is 0.133. The second-order valence-electron chi connectivity index (χ2n) is 4.90. The molecule has 0 aliphatic heterocycles. The second-order valence-corrected chi connectivity index (χ2v) is 6.60. The first-order valence-corrected chi connectivity index (χ1v) is 8.20. The van der Waals surface area contributed by atoms with Crippen LogP contribution in [0.25, 0.3) is 11.5 Å². The van der Waals surface area contributed by atoms with Crippen molar-refractivity contribution in [3.8, 4) is 11.5 Å². The zero-order valence-corrected chi connectivity index (χ0v) is 12.9. The van der Waals surface area contributed by atoms with Gasteiger partial charge in [0.15, 0.2) is 5.76 Å². The highest BCUT2D eigenvalue weighted by atomic mass is 32.2. The number of aromatic nitrogens is 1. The molecule has 0 amide bonds. The van der Waals surface area contributed by atoms with E-state index in [9.17, 15) is 12.8 Å². The third-order valence-electron chi connectivity index (χ3n) is 3.10. The van der Waals surface area contributed by atoms with E-state index in [0.29, 0.717) is 17.0 Å². The van der Waals surface area contributed by atoms with Crippen LogP contribution in [0.15, 0.2) is 56.5 Å². The Balaban J connectivity index is 1.75. The van der Waals surface area contributed by atoms with Crippen molar-refractivity contribution < 1.29 is 21.7 Å². The first-order chi connectivity index (χ1) is 10.9. The van der Waals surface area contributed by atoms with Crippen LogP contribution in [0.3, 0.4) is 0 Å². The molecule has 0 bridgehead atoms. The van der Waals surface area contributed by atoms with E-state index in [1.54, 1.807) is 13.0 Å². The fourth-order valence-corrected chi connectivity index (χ4v) is 2.87. The number of nitrogens with one attached hydrogen (secondary N) is 1. The Bertz CT molecular complexity index is 913. The molecule has 1 aromatic carbocycles. The topological polar surface area (TPSA) is 85.3 Å². The highest BCUT2D eigenvalue weighted by Crippen LogP contribution is 2.25. The molecule has 1 N–H and O–H groups in total. The number of aryl methyl sites for hydroxylation is 1. The van der Waals surface area contributed by atoms with E-state index in [4.69, 9.17) is 8.94 Å². The van der Waals surface area contributed by atoms with E-state index in [-0.39, 0.29) is 23.2 Å². The van der Waals surface area contributed by atoms with Gasteiger partial charge >= 0.3 is 0 Å². The van der Waals surface area contributed by atoms with Crippen LogP contribution in [-0.2, 0) is 16.6 Å². The summed E-state index contributed by atoms with van der Waals surface area (Å²) >= 11 is 0. The number of nitrogens with zero attached hydrogens (tertiary/aromatic N) is 1. The van der Waals surface area contributed by atoms with Gasteiger partial charge in [-0.2, -0.15) is 0 Å². The van der Waals surface area contributed by atoms with Crippen molar-refractivity contribution >= 4 is 10.0 Å². The van der Waals surface area contributed by atoms with Gasteiger partial charge in [0.2, 0.25) is 10.9 Å². The minimum atomic E-state index is -3.82. The predicted octanol–water partition coefficient (Wildman–Crippen LogP) is 2.86. The molecule has 2 aromatic heterocycles. The minimum absolute atomic E-state index is 0.0278. The maximum absolute atomic E-state index is 12.8. The Kier molecular flexibility index (Phi) is 4.01. The van der Waals surface area contributed by atoms with Crippen molar-refractivity contribution in [3.63, 3.8) is 0 Å². The molecule has 3 rings (SSSR count). The molecule has 0 aliphatic carbocycles. The zero-order valence-electron chi connectivity index (χ0n) is 12.1. The average Bonchev–Trinajstić information content (AvgIpc) is 3.16. The third-order valence-corrected chi connectivity index (χ3v) is 4.37. The molecule has 0 aliphatic rings. The van der Waals surface area contributed by atoms with E-state index in [1.807, 2.05) is 0 Å². The van der Waals surface area contributed by atoms with E-state index >= 15 is 0 Å². The van der Waals surface area contributed by atoms with Crippen molar-refractivity contribution in [1.29, 1.82) is 0 Å². The lowest BCUT2D eigenvalue weighted by atomic mass is 10.2. The van der Waals surface area contributed by atoms with Crippen LogP contribution >= 0.6 is 0 Å². The van der Waals surface area contributed by atoms with E-state index in [1.165, 1.54) is 36.4 Å². The third kappa shape index (κ3) is 3.49. The van der Waals surface area contributed by atoms with Gasteiger partial charge in [-0.25, -0.2) is 17.5 Å². The van der Waals surface area contributed by atoms with Crippen LogP contribution in [0.2, 0.25) is 0 Å². The smallest absolute Gasteiger partial charge is 0.274 e. The quantitative estimate of drug-likeness (QED) is 0.774. The standard InChI is InChI=1S/C15H13FN2O4S/c1-10-8-14(22-18-10)13-6-7-15(21-13)23(19,20)17-9-11-2-4-12(16)5-3-11/h2-8,17H,9H2,1H3. The number of benzene rings is 1. The van der Waals surface area contributed by atoms with Gasteiger partial charge < -0.3 is 8.94 Å². The van der Waals surface area contributed by atoms with E-state index < -0.39 is 10.0 Å². The van der Waals surface area contributed by atoms with Crippen LogP contribution in [0.1, 0.15) is 11.3 Å². The summed E-state index contributed by atoms with van der Waals surface area (Å²) in [4.78, 5) is 0. The van der Waals surface area contributed by atoms with Gasteiger partial charge in [0.25, 0.3) is 10.0 Å². The van der Waals surface area contributed by atoms with E-state index in [2.05, 4.69) is 9.88 Å². The maximum Gasteiger partial charge on any atom is 0.274 e. The van der Waals surface area contributed by atoms with Gasteiger partial charge in [-0.1, -0.05) is 17.3 Å². The average molecular weight is 336 g/mol. The highest BCUT2D eigenvalue weighted by molar-refractivity contribution is 7.89. The largest absolute Gasteiger partial charge is 0.440 e. The summed E-state index contributed by atoms with van der Waals surface area (Å²) in [7, 11) is -3.82. The lowest BCUT2D eigenvalue weighted by Gasteiger charge is -2.04. The monoisotopic (exact) mass is 336 g/mol. The number of hydrogen-bond acceptors (Lipinski definition) is 5. The molecule has 0 saturated carbocycles. The molecule has 120 valence electrons. The van der Waals surface area contributed by atoms with Crippen molar-refractivity contribution in [2.45, 2.75) is 18.6 Å². The van der Waals surface area contributed by atoms with Gasteiger partial charge in [0, 0.05) is 12.6 Å². The van der Waals surface area contributed by atoms with Gasteiger partial charge in [-0.05, 0) is 36.8 Å². The van der Waals surface area contributed by atoms with Crippen molar-refractivity contribution in [1.82, 2.24) is 9.88 Å². The Hall–Kier alpha value is -2.45. The molecule has 0 fully saturated rings. The molecular weight excluding hydrogens is 323 g/mol. The Morgan fingerprint density at radius 2 is 1.87 bits per heavy atom. The van der Waals surface area contributed by atoms with Crippen molar-refractivity contribution in [3.05, 3.63) is 59.5 Å². The normalized spacial score (nSPS) is 11.7. The molecule has 2 heterocycles. The van der Waals surface area contributed by atoms with Crippen LogP contribution in [0, 0.1) is 12.7 Å². The lowest BCUT2D eigenvalue weighted by Crippen LogP contribution is -2.22. The molecule has 0 atom stereocenters. The minimum Gasteiger partial charge on any atom is -0.440 e. The van der Waals surface area contributed by atoms with Crippen LogP contribution in [0.5, 0.6) is 0 Å². The Labute approximate surface area is 132 Å². The Morgan fingerprint density at radius 1 is 1.13 bits per heavy atom. The molecule has 3 aromatic rings. The van der Waals surface area contributed by atoms with Gasteiger partial charge in [-0.3, -0.25) is 0 Å². The van der Waals surface area contributed by atoms with Crippen LogP contribution < -0.4 is 4.72 Å². The predicted molar refractivity (Wildman–Crippen MR) is 79.4 cm³/mol. The first-order valence-electron chi connectivity index (χ1n) is 6.72. The SMILES string of the molecule is Cc1cc(-c2ccc(S(=O)(=O)NCc3ccc(F)cc3)o2)on1. The summed E-state index contributed by atoms with van der Waals surface area (Å²) in [6.07, 6.45) is 0. The van der Waals surface area contributed by atoms with Gasteiger partial charge in [0.1, 0.15) is 5.82 Å². The van der Waals surface area contributed by atoms with Gasteiger partial charge in [-0.15, -0.1) is 0 Å². The number of furan rings is 1. The number of halogens is 1. The fourth-order valence-electron chi connectivity index (χ4n) is 1.93. The maximum atomic E-state index is 12.8. The molecule has 23 heavy (non-hydrogen) atoms. The van der Waals surface area contributed by atoms with Crippen molar-refractivity contribution in [2.75, 3.05) is 0 Å². The Morgan fingerprint density at radius 3 is 2.52 bits per heavy atom. The summed E-state index contributed by atoms with van der Waals surface area (Å²) in [6, 6.07) is 10.0. The summed E-state index contributed by atoms with van der Waals surface area (Å²) in [5.41, 5.74) is 1.29. The molecule has 0 spiro atoms. The van der Waals surface area contributed by atoms with Crippen LogP contribution in [0.4, 0.5) is 4.39 Å². The van der Waals surface area contributed by atoms with Crippen molar-refractivity contribution in [2.24, 2.45) is 0 Å². The molecule has 0 saturated heterocycles. The molecule has 6 nitrogen and oxygen atoms in total. The van der Waals surface area contributed by atoms with E-state index in [0.717, 1.165) is 0 Å². The number of rotatable bonds is 5. The summed E-state index contributed by atoms with van der Waals surface area (Å²) in [5, 5.41) is 3.48. The number of hydrogen-bond donors (Lipinski definition) is 1. The molecule has 0 unspecified atom stereocenters. The molecule has 8 heteroatoms. The lowest BCUT2D eigenvalue weighted by molar-refractivity contribution is 0.397. The molecule has 0 radical (unpaired) electrons. The number of sulfonamides is 1. The highest BCUT2D eigenvalue weighted by Gasteiger charge is 2.20.